The van der Waals surface area contributed by atoms with E-state index in [-0.39, 0.29) is 17.4 Å². The van der Waals surface area contributed by atoms with Gasteiger partial charge in [-0.05, 0) is 62.6 Å². The summed E-state index contributed by atoms with van der Waals surface area (Å²) < 4.78 is 0. The molecule has 4 rings (SSSR count). The lowest BCUT2D eigenvalue weighted by atomic mass is 9.81. The van der Waals surface area contributed by atoms with E-state index in [4.69, 9.17) is 5.26 Å². The van der Waals surface area contributed by atoms with Gasteiger partial charge in [0.05, 0.1) is 6.20 Å². The first kappa shape index (κ1) is 18.5. The van der Waals surface area contributed by atoms with Crippen molar-refractivity contribution in [3.63, 3.8) is 0 Å². The highest BCUT2D eigenvalue weighted by atomic mass is 16.2. The highest BCUT2D eigenvalue weighted by molar-refractivity contribution is 6.02. The maximum absolute atomic E-state index is 12.6. The van der Waals surface area contributed by atoms with Crippen molar-refractivity contribution in [3.8, 4) is 6.07 Å². The molecule has 1 amide bonds. The summed E-state index contributed by atoms with van der Waals surface area (Å²) in [5, 5.41) is 15.6. The van der Waals surface area contributed by atoms with Crippen LogP contribution in [-0.4, -0.2) is 28.5 Å². The van der Waals surface area contributed by atoms with Crippen molar-refractivity contribution >= 4 is 11.6 Å². The summed E-state index contributed by atoms with van der Waals surface area (Å²) in [5.74, 6) is 0.230. The summed E-state index contributed by atoms with van der Waals surface area (Å²) in [7, 11) is 0. The third-order valence-electron chi connectivity index (χ3n) is 5.74. The first-order valence-electron chi connectivity index (χ1n) is 10.0. The Balaban J connectivity index is 1.51. The van der Waals surface area contributed by atoms with E-state index in [1.807, 2.05) is 24.3 Å². The quantitative estimate of drug-likeness (QED) is 0.707. The number of imidazole rings is 1. The minimum atomic E-state index is -0.325. The second-order valence-corrected chi connectivity index (χ2v) is 7.55. The maximum Gasteiger partial charge on any atom is 0.291 e. The SMILES string of the molecule is N#Cc1cnc(C(=O)Nc2ccccc2C2CCNC(C3=CCCCC3)C2)[nH]1. The van der Waals surface area contributed by atoms with Crippen LogP contribution in [0.4, 0.5) is 5.69 Å². The maximum atomic E-state index is 12.6. The van der Waals surface area contributed by atoms with Gasteiger partial charge in [0.1, 0.15) is 11.8 Å². The van der Waals surface area contributed by atoms with Crippen LogP contribution in [0.25, 0.3) is 0 Å². The van der Waals surface area contributed by atoms with Crippen LogP contribution < -0.4 is 10.6 Å². The van der Waals surface area contributed by atoms with Crippen LogP contribution in [0.15, 0.2) is 42.1 Å². The fourth-order valence-corrected chi connectivity index (χ4v) is 4.30. The molecule has 0 radical (unpaired) electrons. The topological polar surface area (TPSA) is 93.6 Å². The molecule has 2 aliphatic rings. The number of nitrogens with zero attached hydrogens (tertiary/aromatic N) is 2. The molecule has 3 N–H and O–H groups in total. The van der Waals surface area contributed by atoms with Gasteiger partial charge in [0.25, 0.3) is 5.91 Å². The lowest BCUT2D eigenvalue weighted by molar-refractivity contribution is 0.101. The number of carbonyl (C=O) groups is 1. The molecule has 28 heavy (non-hydrogen) atoms. The monoisotopic (exact) mass is 375 g/mol. The second kappa shape index (κ2) is 8.41. The molecule has 2 unspecified atom stereocenters. The van der Waals surface area contributed by atoms with Crippen LogP contribution in [0.3, 0.4) is 0 Å². The molecule has 0 spiro atoms. The van der Waals surface area contributed by atoms with Gasteiger partial charge in [0.2, 0.25) is 0 Å². The van der Waals surface area contributed by atoms with Crippen molar-refractivity contribution in [1.82, 2.24) is 15.3 Å². The smallest absolute Gasteiger partial charge is 0.291 e. The van der Waals surface area contributed by atoms with Gasteiger partial charge in [0.15, 0.2) is 5.82 Å². The van der Waals surface area contributed by atoms with Crippen LogP contribution in [0.1, 0.15) is 66.3 Å². The minimum absolute atomic E-state index is 0.155. The molecule has 6 nitrogen and oxygen atoms in total. The molecular weight excluding hydrogens is 350 g/mol. The third-order valence-corrected chi connectivity index (χ3v) is 5.74. The van der Waals surface area contributed by atoms with Crippen molar-refractivity contribution in [3.05, 3.63) is 59.2 Å². The number of anilines is 1. The van der Waals surface area contributed by atoms with E-state index >= 15 is 0 Å². The Kier molecular flexibility index (Phi) is 5.54. The zero-order valence-electron chi connectivity index (χ0n) is 15.9. The van der Waals surface area contributed by atoms with Crippen LogP contribution in [0.5, 0.6) is 0 Å². The number of para-hydroxylation sites is 1. The molecule has 1 aromatic carbocycles. The van der Waals surface area contributed by atoms with E-state index in [9.17, 15) is 4.79 Å². The average molecular weight is 375 g/mol. The van der Waals surface area contributed by atoms with E-state index in [0.29, 0.717) is 12.0 Å². The Labute approximate surface area is 165 Å². The lowest BCUT2D eigenvalue weighted by Crippen LogP contribution is -2.39. The number of benzene rings is 1. The van der Waals surface area contributed by atoms with Crippen LogP contribution in [-0.2, 0) is 0 Å². The standard InChI is InChI=1S/C22H25N5O/c23-13-17-14-25-21(26-17)22(28)27-19-9-5-4-8-18(19)16-10-11-24-20(12-16)15-6-2-1-3-7-15/h4-6,8-9,14,16,20,24H,1-3,7,10-12H2,(H,25,26)(H,27,28). The van der Waals surface area contributed by atoms with Crippen LogP contribution in [0.2, 0.25) is 0 Å². The molecule has 6 heteroatoms. The van der Waals surface area contributed by atoms with E-state index in [1.165, 1.54) is 37.4 Å². The highest BCUT2D eigenvalue weighted by Gasteiger charge is 2.27. The molecule has 1 aromatic heterocycles. The highest BCUT2D eigenvalue weighted by Crippen LogP contribution is 2.36. The summed E-state index contributed by atoms with van der Waals surface area (Å²) in [6.07, 6.45) is 10.9. The average Bonchev–Trinajstić information content (AvgIpc) is 3.24. The summed E-state index contributed by atoms with van der Waals surface area (Å²) in [6, 6.07) is 10.4. The number of aromatic nitrogens is 2. The fraction of sp³-hybridized carbons (Fsp3) is 0.409. The summed E-state index contributed by atoms with van der Waals surface area (Å²) in [6.45, 7) is 0.985. The Morgan fingerprint density at radius 1 is 1.29 bits per heavy atom. The molecule has 1 saturated heterocycles. The van der Waals surface area contributed by atoms with Crippen LogP contribution in [0, 0.1) is 11.3 Å². The number of hydrogen-bond acceptors (Lipinski definition) is 4. The Morgan fingerprint density at radius 2 is 2.18 bits per heavy atom. The van der Waals surface area contributed by atoms with Crippen LogP contribution >= 0.6 is 0 Å². The molecule has 144 valence electrons. The molecule has 0 saturated carbocycles. The molecule has 2 atom stereocenters. The van der Waals surface area contributed by atoms with Gasteiger partial charge < -0.3 is 15.6 Å². The predicted octanol–water partition coefficient (Wildman–Crippen LogP) is 3.87. The number of allylic oxidation sites excluding steroid dienone is 1. The molecular formula is C22H25N5O. The molecule has 1 fully saturated rings. The van der Waals surface area contributed by atoms with E-state index in [2.05, 4.69) is 32.7 Å². The van der Waals surface area contributed by atoms with Gasteiger partial charge in [0, 0.05) is 11.7 Å². The fourth-order valence-electron chi connectivity index (χ4n) is 4.30. The third kappa shape index (κ3) is 4.00. The number of aromatic amines is 1. The van der Waals surface area contributed by atoms with E-state index < -0.39 is 0 Å². The number of H-pyrrole nitrogens is 1. The number of hydrogen-bond donors (Lipinski definition) is 3. The van der Waals surface area contributed by atoms with Gasteiger partial charge in [-0.15, -0.1) is 0 Å². The molecule has 0 bridgehead atoms. The Hall–Kier alpha value is -2.91. The van der Waals surface area contributed by atoms with Crippen molar-refractivity contribution in [1.29, 1.82) is 5.26 Å². The predicted molar refractivity (Wildman–Crippen MR) is 108 cm³/mol. The summed E-state index contributed by atoms with van der Waals surface area (Å²) >= 11 is 0. The van der Waals surface area contributed by atoms with Gasteiger partial charge in [-0.2, -0.15) is 5.26 Å². The zero-order valence-corrected chi connectivity index (χ0v) is 15.9. The molecule has 1 aliphatic carbocycles. The second-order valence-electron chi connectivity index (χ2n) is 7.55. The summed E-state index contributed by atoms with van der Waals surface area (Å²) in [4.78, 5) is 19.3. The number of nitriles is 1. The number of piperidine rings is 1. The first-order valence-corrected chi connectivity index (χ1v) is 10.0. The van der Waals surface area contributed by atoms with Crippen molar-refractivity contribution in [2.24, 2.45) is 0 Å². The number of amides is 1. The molecule has 2 heterocycles. The Morgan fingerprint density at radius 3 is 2.96 bits per heavy atom. The molecule has 1 aliphatic heterocycles. The van der Waals surface area contributed by atoms with E-state index in [1.54, 1.807) is 5.57 Å². The van der Waals surface area contributed by atoms with Crippen molar-refractivity contribution in [2.45, 2.75) is 50.5 Å². The first-order chi connectivity index (χ1) is 13.7. The minimum Gasteiger partial charge on any atom is -0.326 e. The summed E-state index contributed by atoms with van der Waals surface area (Å²) in [5.41, 5.74) is 3.83. The van der Waals surface area contributed by atoms with Gasteiger partial charge >= 0.3 is 0 Å². The van der Waals surface area contributed by atoms with Gasteiger partial charge in [-0.1, -0.05) is 29.8 Å². The Bertz CT molecular complexity index is 923. The largest absolute Gasteiger partial charge is 0.326 e. The number of carbonyl (C=O) groups excluding carboxylic acids is 1. The lowest BCUT2D eigenvalue weighted by Gasteiger charge is -2.34. The van der Waals surface area contributed by atoms with Gasteiger partial charge in [-0.3, -0.25) is 4.79 Å². The molecule has 2 aromatic rings. The van der Waals surface area contributed by atoms with Crippen molar-refractivity contribution < 1.29 is 4.79 Å². The van der Waals surface area contributed by atoms with E-state index in [0.717, 1.165) is 25.1 Å². The zero-order chi connectivity index (χ0) is 19.3. The van der Waals surface area contributed by atoms with Crippen molar-refractivity contribution in [2.75, 3.05) is 11.9 Å². The number of nitrogens with one attached hydrogen (secondary N) is 3. The normalized spacial score (nSPS) is 22.2. The number of rotatable bonds is 4. The van der Waals surface area contributed by atoms with Gasteiger partial charge in [-0.25, -0.2) is 4.98 Å².